The lowest BCUT2D eigenvalue weighted by molar-refractivity contribution is 0.0695. The lowest BCUT2D eigenvalue weighted by atomic mass is 10.1. The van der Waals surface area contributed by atoms with Gasteiger partial charge in [-0.2, -0.15) is 0 Å². The van der Waals surface area contributed by atoms with Crippen molar-refractivity contribution in [1.82, 2.24) is 4.98 Å². The minimum Gasteiger partial charge on any atom is -0.495 e. The van der Waals surface area contributed by atoms with Crippen LogP contribution in [0, 0.1) is 0 Å². The number of rotatable bonds is 2. The van der Waals surface area contributed by atoms with Crippen LogP contribution >= 0.6 is 0 Å². The average Bonchev–Trinajstić information content (AvgIpc) is 2.29. The molecule has 0 unspecified atom stereocenters. The molecular formula is C11H10N2O4. The van der Waals surface area contributed by atoms with E-state index < -0.39 is 11.4 Å². The highest BCUT2D eigenvalue weighted by atomic mass is 16.5. The number of aromatic amines is 1. The van der Waals surface area contributed by atoms with E-state index in [1.54, 1.807) is 6.07 Å². The number of carbonyl (C=O) groups is 1. The van der Waals surface area contributed by atoms with Gasteiger partial charge in [0.05, 0.1) is 18.0 Å². The van der Waals surface area contributed by atoms with Crippen molar-refractivity contribution in [2.24, 2.45) is 0 Å². The number of nitrogen functional groups attached to an aromatic ring is 1. The SMILES string of the molecule is COc1ccc(N)c2c(=O)c(C(=O)O)c[nH]c12. The molecule has 0 amide bonds. The van der Waals surface area contributed by atoms with Crippen molar-refractivity contribution in [3.05, 3.63) is 34.1 Å². The van der Waals surface area contributed by atoms with Crippen LogP contribution in [0.4, 0.5) is 5.69 Å². The number of nitrogens with two attached hydrogens (primary N) is 1. The van der Waals surface area contributed by atoms with Crippen molar-refractivity contribution in [2.75, 3.05) is 12.8 Å². The summed E-state index contributed by atoms with van der Waals surface area (Å²) < 4.78 is 5.06. The van der Waals surface area contributed by atoms with Gasteiger partial charge in [-0.3, -0.25) is 4.79 Å². The molecule has 17 heavy (non-hydrogen) atoms. The summed E-state index contributed by atoms with van der Waals surface area (Å²) in [5.41, 5.74) is 5.31. The zero-order valence-corrected chi connectivity index (χ0v) is 8.98. The van der Waals surface area contributed by atoms with Gasteiger partial charge in [0.2, 0.25) is 5.43 Å². The zero-order chi connectivity index (χ0) is 12.6. The summed E-state index contributed by atoms with van der Waals surface area (Å²) in [6.45, 7) is 0. The van der Waals surface area contributed by atoms with Crippen molar-refractivity contribution >= 4 is 22.6 Å². The highest BCUT2D eigenvalue weighted by molar-refractivity contribution is 5.99. The fourth-order valence-corrected chi connectivity index (χ4v) is 1.66. The molecule has 4 N–H and O–H groups in total. The number of hydrogen-bond donors (Lipinski definition) is 3. The Morgan fingerprint density at radius 3 is 2.76 bits per heavy atom. The number of methoxy groups -OCH3 is 1. The van der Waals surface area contributed by atoms with Crippen LogP contribution in [0.3, 0.4) is 0 Å². The third-order valence-corrected chi connectivity index (χ3v) is 2.48. The van der Waals surface area contributed by atoms with Crippen LogP contribution in [0.15, 0.2) is 23.1 Å². The quantitative estimate of drug-likeness (QED) is 0.667. The number of carboxylic acids is 1. The number of carboxylic acid groups (broad SMARTS) is 1. The fourth-order valence-electron chi connectivity index (χ4n) is 1.66. The minimum absolute atomic E-state index is 0.129. The first-order valence-electron chi connectivity index (χ1n) is 4.77. The van der Waals surface area contributed by atoms with E-state index in [-0.39, 0.29) is 16.6 Å². The number of fused-ring (bicyclic) bond motifs is 1. The molecule has 0 aliphatic heterocycles. The minimum atomic E-state index is -1.30. The molecule has 6 nitrogen and oxygen atoms in total. The van der Waals surface area contributed by atoms with Crippen molar-refractivity contribution < 1.29 is 14.6 Å². The highest BCUT2D eigenvalue weighted by Gasteiger charge is 2.15. The van der Waals surface area contributed by atoms with E-state index in [1.165, 1.54) is 13.2 Å². The second-order valence-corrected chi connectivity index (χ2v) is 3.44. The zero-order valence-electron chi connectivity index (χ0n) is 8.98. The summed E-state index contributed by atoms with van der Waals surface area (Å²) in [6.07, 6.45) is 1.13. The van der Waals surface area contributed by atoms with Gasteiger partial charge in [0.1, 0.15) is 11.3 Å². The summed E-state index contributed by atoms with van der Waals surface area (Å²) in [4.78, 5) is 25.5. The average molecular weight is 234 g/mol. The topological polar surface area (TPSA) is 105 Å². The van der Waals surface area contributed by atoms with Gasteiger partial charge in [0, 0.05) is 11.9 Å². The van der Waals surface area contributed by atoms with E-state index >= 15 is 0 Å². The van der Waals surface area contributed by atoms with Crippen LogP contribution in [-0.4, -0.2) is 23.2 Å². The van der Waals surface area contributed by atoms with Crippen molar-refractivity contribution in [2.45, 2.75) is 0 Å². The summed E-state index contributed by atoms with van der Waals surface area (Å²) in [7, 11) is 1.45. The molecule has 0 saturated carbocycles. The van der Waals surface area contributed by atoms with Gasteiger partial charge in [0.15, 0.2) is 0 Å². The van der Waals surface area contributed by atoms with E-state index in [2.05, 4.69) is 4.98 Å². The van der Waals surface area contributed by atoms with Gasteiger partial charge in [-0.05, 0) is 12.1 Å². The molecule has 0 aliphatic rings. The van der Waals surface area contributed by atoms with Crippen molar-refractivity contribution in [3.63, 3.8) is 0 Å². The Bertz CT molecular complexity index is 660. The third kappa shape index (κ3) is 1.59. The number of pyridine rings is 1. The largest absolute Gasteiger partial charge is 0.495 e. The molecule has 1 aromatic carbocycles. The van der Waals surface area contributed by atoms with Gasteiger partial charge in [-0.25, -0.2) is 4.79 Å². The van der Waals surface area contributed by atoms with E-state index in [1.807, 2.05) is 0 Å². The Hall–Kier alpha value is -2.50. The molecule has 0 aliphatic carbocycles. The number of hydrogen-bond acceptors (Lipinski definition) is 4. The first-order chi connectivity index (χ1) is 8.06. The lowest BCUT2D eigenvalue weighted by Gasteiger charge is -2.07. The van der Waals surface area contributed by atoms with Gasteiger partial charge in [-0.1, -0.05) is 0 Å². The number of aromatic carboxylic acids is 1. The molecule has 0 atom stereocenters. The number of H-pyrrole nitrogens is 1. The van der Waals surface area contributed by atoms with E-state index in [9.17, 15) is 9.59 Å². The van der Waals surface area contributed by atoms with Gasteiger partial charge in [0.25, 0.3) is 0 Å². The van der Waals surface area contributed by atoms with Crippen LogP contribution in [0.5, 0.6) is 5.75 Å². The van der Waals surface area contributed by atoms with Crippen LogP contribution in [-0.2, 0) is 0 Å². The predicted molar refractivity (Wildman–Crippen MR) is 62.5 cm³/mol. The number of anilines is 1. The highest BCUT2D eigenvalue weighted by Crippen LogP contribution is 2.25. The first kappa shape index (κ1) is 11.0. The van der Waals surface area contributed by atoms with Gasteiger partial charge < -0.3 is 20.6 Å². The van der Waals surface area contributed by atoms with E-state index in [4.69, 9.17) is 15.6 Å². The third-order valence-electron chi connectivity index (χ3n) is 2.48. The Labute approximate surface area is 95.6 Å². The number of benzene rings is 1. The molecular weight excluding hydrogens is 224 g/mol. The molecule has 1 heterocycles. The second kappa shape index (κ2) is 3.82. The molecule has 1 aromatic heterocycles. The normalized spacial score (nSPS) is 10.4. The maximum Gasteiger partial charge on any atom is 0.341 e. The molecule has 2 aromatic rings. The van der Waals surface area contributed by atoms with Gasteiger partial charge in [-0.15, -0.1) is 0 Å². The molecule has 0 bridgehead atoms. The van der Waals surface area contributed by atoms with Crippen LogP contribution in [0.25, 0.3) is 10.9 Å². The van der Waals surface area contributed by atoms with Crippen LogP contribution in [0.2, 0.25) is 0 Å². The Kier molecular flexibility index (Phi) is 2.47. The summed E-state index contributed by atoms with van der Waals surface area (Å²) in [5, 5.41) is 8.98. The molecule has 6 heteroatoms. The molecule has 0 radical (unpaired) electrons. The number of nitrogens with one attached hydrogen (secondary N) is 1. The van der Waals surface area contributed by atoms with E-state index in [0.717, 1.165) is 6.20 Å². The fraction of sp³-hybridized carbons (Fsp3) is 0.0909. The second-order valence-electron chi connectivity index (χ2n) is 3.44. The smallest absolute Gasteiger partial charge is 0.341 e. The molecule has 0 saturated heterocycles. The lowest BCUT2D eigenvalue weighted by Crippen LogP contribution is -2.16. The number of aromatic nitrogens is 1. The van der Waals surface area contributed by atoms with Crippen LogP contribution in [0.1, 0.15) is 10.4 Å². The maximum absolute atomic E-state index is 11.9. The Morgan fingerprint density at radius 1 is 1.47 bits per heavy atom. The molecule has 2 rings (SSSR count). The van der Waals surface area contributed by atoms with E-state index in [0.29, 0.717) is 11.3 Å². The first-order valence-corrected chi connectivity index (χ1v) is 4.77. The predicted octanol–water partition coefficient (Wildman–Crippen LogP) is 0.817. The van der Waals surface area contributed by atoms with Crippen molar-refractivity contribution in [1.29, 1.82) is 0 Å². The summed E-state index contributed by atoms with van der Waals surface area (Å²) in [6, 6.07) is 3.11. The Balaban J connectivity index is 2.95. The maximum atomic E-state index is 11.9. The van der Waals surface area contributed by atoms with Crippen molar-refractivity contribution in [3.8, 4) is 5.75 Å². The summed E-state index contributed by atoms with van der Waals surface area (Å²) in [5.74, 6) is -0.862. The molecule has 88 valence electrons. The molecule has 0 fully saturated rings. The van der Waals surface area contributed by atoms with Gasteiger partial charge >= 0.3 is 5.97 Å². The van der Waals surface area contributed by atoms with Crippen LogP contribution < -0.4 is 15.9 Å². The monoisotopic (exact) mass is 234 g/mol. The standard InChI is InChI=1S/C11H10N2O4/c1-17-7-3-2-6(12)8-9(7)13-4-5(10(8)14)11(15)16/h2-4H,12H2,1H3,(H,13,14)(H,15,16). The molecule has 0 spiro atoms. The number of ether oxygens (including phenoxy) is 1. The Morgan fingerprint density at radius 2 is 2.18 bits per heavy atom. The summed E-state index contributed by atoms with van der Waals surface area (Å²) >= 11 is 0.